The lowest BCUT2D eigenvalue weighted by atomic mass is 9.90. The molecule has 0 atom stereocenters. The second kappa shape index (κ2) is 6.28. The first-order chi connectivity index (χ1) is 9.94. The van der Waals surface area contributed by atoms with E-state index in [4.69, 9.17) is 4.52 Å². The molecule has 0 aromatic carbocycles. The van der Waals surface area contributed by atoms with Crippen LogP contribution in [-0.4, -0.2) is 27.7 Å². The molecule has 116 valence electrons. The van der Waals surface area contributed by atoms with Crippen LogP contribution in [0.4, 0.5) is 0 Å². The van der Waals surface area contributed by atoms with Crippen molar-refractivity contribution in [3.8, 4) is 0 Å². The fraction of sp³-hybridized carbons (Fsp3) is 0.667. The van der Waals surface area contributed by atoms with E-state index in [1.165, 1.54) is 0 Å². The molecule has 1 aliphatic carbocycles. The Bertz CT molecular complexity index is 508. The van der Waals surface area contributed by atoms with E-state index in [2.05, 4.69) is 10.5 Å². The van der Waals surface area contributed by atoms with Crippen LogP contribution in [0.5, 0.6) is 0 Å². The molecule has 0 radical (unpaired) electrons. The van der Waals surface area contributed by atoms with Crippen molar-refractivity contribution in [2.45, 2.75) is 64.3 Å². The number of carbonyl (C=O) groups is 2. The van der Waals surface area contributed by atoms with E-state index in [0.717, 1.165) is 31.2 Å². The fourth-order valence-electron chi connectivity index (χ4n) is 2.95. The number of hydrogen-bond acceptors (Lipinski definition) is 4. The number of carboxylic acids is 1. The van der Waals surface area contributed by atoms with Crippen molar-refractivity contribution in [3.63, 3.8) is 0 Å². The number of aromatic nitrogens is 1. The van der Waals surface area contributed by atoms with Crippen LogP contribution in [0, 0.1) is 13.8 Å². The molecule has 0 aliphatic heterocycles. The topological polar surface area (TPSA) is 92.4 Å². The number of amides is 1. The Kier molecular flexibility index (Phi) is 4.65. The van der Waals surface area contributed by atoms with Crippen LogP contribution >= 0.6 is 0 Å². The van der Waals surface area contributed by atoms with E-state index < -0.39 is 11.5 Å². The molecule has 1 aliphatic rings. The molecule has 1 heterocycles. The molecular formula is C15H22N2O4. The summed E-state index contributed by atoms with van der Waals surface area (Å²) in [5.41, 5.74) is 0.293. The maximum Gasteiger partial charge on any atom is 0.329 e. The Morgan fingerprint density at radius 3 is 2.33 bits per heavy atom. The number of hydrogen-bond donors (Lipinski definition) is 2. The van der Waals surface area contributed by atoms with Gasteiger partial charge in [0.25, 0.3) is 0 Å². The van der Waals surface area contributed by atoms with Gasteiger partial charge in [0.15, 0.2) is 0 Å². The molecule has 2 rings (SSSR count). The molecule has 1 aromatic heterocycles. The zero-order valence-corrected chi connectivity index (χ0v) is 12.6. The lowest BCUT2D eigenvalue weighted by Crippen LogP contribution is -2.54. The number of carbonyl (C=O) groups excluding carboxylic acids is 1. The monoisotopic (exact) mass is 294 g/mol. The number of aliphatic carboxylic acids is 1. The largest absolute Gasteiger partial charge is 0.480 e. The maximum atomic E-state index is 12.3. The van der Waals surface area contributed by atoms with E-state index in [9.17, 15) is 14.7 Å². The van der Waals surface area contributed by atoms with Crippen LogP contribution in [-0.2, 0) is 16.0 Å². The highest BCUT2D eigenvalue weighted by molar-refractivity contribution is 5.88. The first-order valence-electron chi connectivity index (χ1n) is 7.41. The van der Waals surface area contributed by atoms with Gasteiger partial charge in [-0.05, 0) is 26.7 Å². The average molecular weight is 294 g/mol. The van der Waals surface area contributed by atoms with Crippen molar-refractivity contribution in [2.75, 3.05) is 0 Å². The first-order valence-corrected chi connectivity index (χ1v) is 7.41. The Labute approximate surface area is 123 Å². The first kappa shape index (κ1) is 15.5. The van der Waals surface area contributed by atoms with Crippen LogP contribution in [0.3, 0.4) is 0 Å². The summed E-state index contributed by atoms with van der Waals surface area (Å²) in [7, 11) is 0. The molecule has 0 spiro atoms. The molecule has 0 saturated heterocycles. The maximum absolute atomic E-state index is 12.3. The highest BCUT2D eigenvalue weighted by atomic mass is 16.5. The van der Waals surface area contributed by atoms with Crippen molar-refractivity contribution >= 4 is 11.9 Å². The summed E-state index contributed by atoms with van der Waals surface area (Å²) in [6.45, 7) is 3.53. The van der Waals surface area contributed by atoms with Gasteiger partial charge < -0.3 is 14.9 Å². The van der Waals surface area contributed by atoms with Gasteiger partial charge in [0, 0.05) is 5.56 Å². The summed E-state index contributed by atoms with van der Waals surface area (Å²) in [4.78, 5) is 23.9. The summed E-state index contributed by atoms with van der Waals surface area (Å²) in [5, 5.41) is 16.1. The standard InChI is InChI=1S/C15H22N2O4/c1-10-12(11(2)21-17-10)9-13(18)16-15(14(19)20)7-5-3-4-6-8-15/h3-9H2,1-2H3,(H,16,18)(H,19,20). The zero-order valence-electron chi connectivity index (χ0n) is 12.6. The van der Waals surface area contributed by atoms with Gasteiger partial charge in [-0.15, -0.1) is 0 Å². The molecule has 1 fully saturated rings. The third-order valence-corrected chi connectivity index (χ3v) is 4.26. The van der Waals surface area contributed by atoms with Crippen LogP contribution < -0.4 is 5.32 Å². The van der Waals surface area contributed by atoms with Crippen LogP contribution in [0.15, 0.2) is 4.52 Å². The summed E-state index contributed by atoms with van der Waals surface area (Å²) >= 11 is 0. The predicted molar refractivity (Wildman–Crippen MR) is 75.9 cm³/mol. The van der Waals surface area contributed by atoms with Gasteiger partial charge in [-0.2, -0.15) is 0 Å². The van der Waals surface area contributed by atoms with Gasteiger partial charge in [-0.3, -0.25) is 4.79 Å². The minimum absolute atomic E-state index is 0.107. The Morgan fingerprint density at radius 1 is 1.24 bits per heavy atom. The molecule has 1 saturated carbocycles. The van der Waals surface area contributed by atoms with Crippen molar-refractivity contribution in [1.29, 1.82) is 0 Å². The number of nitrogens with one attached hydrogen (secondary N) is 1. The van der Waals surface area contributed by atoms with Gasteiger partial charge in [0.2, 0.25) is 5.91 Å². The van der Waals surface area contributed by atoms with Crippen molar-refractivity contribution < 1.29 is 19.2 Å². The van der Waals surface area contributed by atoms with Crippen molar-refractivity contribution in [3.05, 3.63) is 17.0 Å². The second-order valence-electron chi connectivity index (χ2n) is 5.83. The highest BCUT2D eigenvalue weighted by Crippen LogP contribution is 2.27. The molecule has 1 aromatic rings. The third-order valence-electron chi connectivity index (χ3n) is 4.26. The lowest BCUT2D eigenvalue weighted by molar-refractivity contribution is -0.148. The van der Waals surface area contributed by atoms with E-state index in [1.807, 2.05) is 0 Å². The summed E-state index contributed by atoms with van der Waals surface area (Å²) < 4.78 is 5.03. The van der Waals surface area contributed by atoms with Crippen LogP contribution in [0.1, 0.15) is 55.5 Å². The Hall–Kier alpha value is -1.85. The molecule has 0 unspecified atom stereocenters. The molecule has 2 N–H and O–H groups in total. The molecule has 0 bridgehead atoms. The van der Waals surface area contributed by atoms with Gasteiger partial charge in [0.1, 0.15) is 11.3 Å². The van der Waals surface area contributed by atoms with Crippen molar-refractivity contribution in [1.82, 2.24) is 10.5 Å². The minimum Gasteiger partial charge on any atom is -0.480 e. The smallest absolute Gasteiger partial charge is 0.329 e. The van der Waals surface area contributed by atoms with Gasteiger partial charge in [-0.25, -0.2) is 4.79 Å². The van der Waals surface area contributed by atoms with E-state index in [0.29, 0.717) is 24.3 Å². The quantitative estimate of drug-likeness (QED) is 0.830. The average Bonchev–Trinajstić information content (AvgIpc) is 2.66. The summed E-state index contributed by atoms with van der Waals surface area (Å²) in [6.07, 6.45) is 4.81. The SMILES string of the molecule is Cc1noc(C)c1CC(=O)NC1(C(=O)O)CCCCCC1. The van der Waals surface area contributed by atoms with Gasteiger partial charge >= 0.3 is 5.97 Å². The number of carboxylic acid groups (broad SMARTS) is 1. The predicted octanol–water partition coefficient (Wildman–Crippen LogP) is 2.13. The molecular weight excluding hydrogens is 272 g/mol. The number of rotatable bonds is 4. The normalized spacial score (nSPS) is 18.0. The van der Waals surface area contributed by atoms with Crippen molar-refractivity contribution in [2.24, 2.45) is 0 Å². The van der Waals surface area contributed by atoms with E-state index in [-0.39, 0.29) is 12.3 Å². The molecule has 1 amide bonds. The third kappa shape index (κ3) is 3.43. The number of nitrogens with zero attached hydrogens (tertiary/aromatic N) is 1. The van der Waals surface area contributed by atoms with E-state index in [1.54, 1.807) is 13.8 Å². The zero-order chi connectivity index (χ0) is 15.5. The minimum atomic E-state index is -1.12. The molecule has 6 heteroatoms. The van der Waals surface area contributed by atoms with Crippen LogP contribution in [0.2, 0.25) is 0 Å². The Morgan fingerprint density at radius 2 is 1.86 bits per heavy atom. The van der Waals surface area contributed by atoms with Gasteiger partial charge in [0.05, 0.1) is 12.1 Å². The van der Waals surface area contributed by atoms with Crippen LogP contribution in [0.25, 0.3) is 0 Å². The molecule has 21 heavy (non-hydrogen) atoms. The number of aryl methyl sites for hydroxylation is 2. The summed E-state index contributed by atoms with van der Waals surface area (Å²) in [6, 6.07) is 0. The Balaban J connectivity index is 2.10. The highest BCUT2D eigenvalue weighted by Gasteiger charge is 2.40. The van der Waals surface area contributed by atoms with Gasteiger partial charge in [-0.1, -0.05) is 30.8 Å². The summed E-state index contributed by atoms with van der Waals surface area (Å²) in [5.74, 6) is -0.613. The fourth-order valence-corrected chi connectivity index (χ4v) is 2.95. The second-order valence-corrected chi connectivity index (χ2v) is 5.83. The van der Waals surface area contributed by atoms with E-state index >= 15 is 0 Å². The molecule has 6 nitrogen and oxygen atoms in total. The lowest BCUT2D eigenvalue weighted by Gasteiger charge is -2.29.